The van der Waals surface area contributed by atoms with Crippen LogP contribution in [0, 0.1) is 0 Å². The summed E-state index contributed by atoms with van der Waals surface area (Å²) in [7, 11) is -8.38. The van der Waals surface area contributed by atoms with Crippen LogP contribution >= 0.6 is 0 Å². The number of rotatable bonds is 5. The van der Waals surface area contributed by atoms with Crippen LogP contribution in [0.4, 0.5) is 5.69 Å². The van der Waals surface area contributed by atoms with E-state index in [-0.39, 0.29) is 10.5 Å². The molecule has 0 atom stereocenters. The maximum absolute atomic E-state index is 10.5. The highest BCUT2D eigenvalue weighted by atomic mass is 32.2. The molecule has 2 aromatic carbocycles. The lowest BCUT2D eigenvalue weighted by molar-refractivity contribution is 0.112. The van der Waals surface area contributed by atoms with E-state index in [1.54, 1.807) is 35.2 Å². The number of anilines is 1. The monoisotopic (exact) mass is 374 g/mol. The van der Waals surface area contributed by atoms with Crippen molar-refractivity contribution < 1.29 is 30.7 Å². The highest BCUT2D eigenvalue weighted by molar-refractivity contribution is 7.85. The Labute approximate surface area is 138 Å². The molecule has 4 N–H and O–H groups in total. The fourth-order valence-electron chi connectivity index (χ4n) is 1.39. The van der Waals surface area contributed by atoms with Gasteiger partial charge in [-0.15, -0.1) is 4.83 Å². The van der Waals surface area contributed by atoms with E-state index in [1.165, 1.54) is 18.2 Å². The van der Waals surface area contributed by atoms with Gasteiger partial charge in [-0.2, -0.15) is 16.8 Å². The first kappa shape index (κ1) is 19.7. The minimum Gasteiger partial charge on any atom is -0.306 e. The molecule has 0 saturated carbocycles. The summed E-state index contributed by atoms with van der Waals surface area (Å²) in [6.07, 6.45) is 0.509. The van der Waals surface area contributed by atoms with Crippen molar-refractivity contribution in [1.29, 1.82) is 0 Å². The van der Waals surface area contributed by atoms with E-state index >= 15 is 0 Å². The average Bonchev–Trinajstić information content (AvgIpc) is 2.53. The summed E-state index contributed by atoms with van der Waals surface area (Å²) >= 11 is 0. The van der Waals surface area contributed by atoms with E-state index in [0.29, 0.717) is 12.0 Å². The van der Waals surface area contributed by atoms with Gasteiger partial charge in [0, 0.05) is 11.3 Å². The summed E-state index contributed by atoms with van der Waals surface area (Å²) in [5.41, 5.74) is 3.06. The zero-order valence-corrected chi connectivity index (χ0v) is 13.7. The molecule has 130 valence electrons. The zero-order valence-electron chi connectivity index (χ0n) is 12.0. The number of carbonyl (C=O) groups excluding carboxylic acids is 1. The highest BCUT2D eigenvalue weighted by Gasteiger charge is 2.08. The molecule has 0 fully saturated rings. The quantitative estimate of drug-likeness (QED) is 0.346. The second-order valence-corrected chi connectivity index (χ2v) is 6.81. The number of nitrogens with one attached hydrogen (secondary N) is 2. The van der Waals surface area contributed by atoms with Crippen molar-refractivity contribution in [3.05, 3.63) is 60.2 Å². The summed E-state index contributed by atoms with van der Waals surface area (Å²) in [5.74, 6) is 0. The Morgan fingerprint density at radius 1 is 0.875 bits per heavy atom. The second-order valence-electron chi connectivity index (χ2n) is 4.23. The van der Waals surface area contributed by atoms with Crippen LogP contribution in [-0.2, 0) is 20.4 Å². The van der Waals surface area contributed by atoms with Crippen LogP contribution in [0.2, 0.25) is 0 Å². The molecule has 9 nitrogen and oxygen atoms in total. The van der Waals surface area contributed by atoms with E-state index in [9.17, 15) is 21.6 Å². The molecular weight excluding hydrogens is 360 g/mol. The van der Waals surface area contributed by atoms with Gasteiger partial charge in [-0.25, -0.2) is 0 Å². The largest absolute Gasteiger partial charge is 0.350 e. The predicted octanol–water partition coefficient (Wildman–Crippen LogP) is 1.15. The van der Waals surface area contributed by atoms with Crippen molar-refractivity contribution in [2.45, 2.75) is 4.90 Å². The molecule has 0 saturated heterocycles. The zero-order chi connectivity index (χ0) is 18.2. The number of benzene rings is 2. The van der Waals surface area contributed by atoms with Gasteiger partial charge < -0.3 is 5.43 Å². The van der Waals surface area contributed by atoms with Crippen molar-refractivity contribution >= 4 is 32.4 Å². The van der Waals surface area contributed by atoms with E-state index in [1.807, 2.05) is 0 Å². The van der Waals surface area contributed by atoms with E-state index in [0.717, 1.165) is 6.07 Å². The SMILES string of the molecule is O=Cc1cccc(S(=O)(=O)O)c1.O=S(=O)(O)NNc1ccccc1. The first-order valence-corrected chi connectivity index (χ1v) is 9.08. The molecule has 0 heterocycles. The molecule has 0 amide bonds. The Kier molecular flexibility index (Phi) is 7.00. The molecule has 11 heteroatoms. The predicted molar refractivity (Wildman–Crippen MR) is 86.4 cm³/mol. The van der Waals surface area contributed by atoms with Crippen LogP contribution in [0.15, 0.2) is 59.5 Å². The molecule has 2 rings (SSSR count). The Morgan fingerprint density at radius 2 is 1.50 bits per heavy atom. The van der Waals surface area contributed by atoms with Crippen LogP contribution in [0.3, 0.4) is 0 Å². The molecule has 0 aliphatic rings. The molecule has 0 aliphatic heterocycles. The Hall–Kier alpha value is -2.31. The summed E-state index contributed by atoms with van der Waals surface area (Å²) in [4.78, 5) is 11.7. The van der Waals surface area contributed by atoms with Crippen molar-refractivity contribution in [3.8, 4) is 0 Å². The first-order chi connectivity index (χ1) is 11.1. The Balaban J connectivity index is 0.000000240. The van der Waals surface area contributed by atoms with Crippen LogP contribution in [0.1, 0.15) is 10.4 Å². The van der Waals surface area contributed by atoms with Gasteiger partial charge in [-0.3, -0.25) is 13.9 Å². The minimum atomic E-state index is -4.19. The topological polar surface area (TPSA) is 150 Å². The van der Waals surface area contributed by atoms with E-state index < -0.39 is 20.4 Å². The van der Waals surface area contributed by atoms with Crippen molar-refractivity contribution in [2.24, 2.45) is 0 Å². The number of carbonyl (C=O) groups is 1. The van der Waals surface area contributed by atoms with Crippen molar-refractivity contribution in [1.82, 2.24) is 4.83 Å². The maximum Gasteiger partial charge on any atom is 0.350 e. The lowest BCUT2D eigenvalue weighted by atomic mass is 10.2. The van der Waals surface area contributed by atoms with Crippen LogP contribution in [-0.4, -0.2) is 32.2 Å². The fraction of sp³-hybridized carbons (Fsp3) is 0. The lowest BCUT2D eigenvalue weighted by Crippen LogP contribution is -2.28. The molecule has 0 aliphatic carbocycles. The van der Waals surface area contributed by atoms with Crippen molar-refractivity contribution in [2.75, 3.05) is 5.43 Å². The standard InChI is InChI=1S/C7H6O4S.C6H8N2O3S/c8-5-6-2-1-3-7(4-6)12(9,10)11;9-12(10,11)8-7-6-4-2-1-3-5-6/h1-5H,(H,9,10,11);1-5,7-8H,(H,9,10,11). The minimum absolute atomic E-state index is 0.213. The normalized spacial score (nSPS) is 11.1. The van der Waals surface area contributed by atoms with Gasteiger partial charge in [0.2, 0.25) is 0 Å². The summed E-state index contributed by atoms with van der Waals surface area (Å²) in [5, 5.41) is 0. The molecule has 0 unspecified atom stereocenters. The molecule has 0 bridgehead atoms. The van der Waals surface area contributed by atoms with Gasteiger partial charge in [-0.1, -0.05) is 30.3 Å². The number of aldehydes is 1. The van der Waals surface area contributed by atoms with E-state index in [2.05, 4.69) is 5.43 Å². The third-order valence-electron chi connectivity index (χ3n) is 2.39. The summed E-state index contributed by atoms with van der Waals surface area (Å²) in [6, 6.07) is 13.7. The fourth-order valence-corrected chi connectivity index (χ4v) is 2.18. The van der Waals surface area contributed by atoms with Gasteiger partial charge in [0.1, 0.15) is 6.29 Å². The summed E-state index contributed by atoms with van der Waals surface area (Å²) in [6.45, 7) is 0. The van der Waals surface area contributed by atoms with Crippen LogP contribution in [0.25, 0.3) is 0 Å². The number of hydrazine groups is 1. The van der Waals surface area contributed by atoms with Gasteiger partial charge in [0.25, 0.3) is 10.1 Å². The summed E-state index contributed by atoms with van der Waals surface area (Å²) < 4.78 is 58.3. The molecular formula is C13H14N2O7S2. The van der Waals surface area contributed by atoms with Gasteiger partial charge in [-0.05, 0) is 24.3 Å². The first-order valence-electron chi connectivity index (χ1n) is 6.20. The maximum atomic E-state index is 10.5. The lowest BCUT2D eigenvalue weighted by Gasteiger charge is -2.03. The van der Waals surface area contributed by atoms with Gasteiger partial charge in [0.15, 0.2) is 0 Å². The molecule has 24 heavy (non-hydrogen) atoms. The van der Waals surface area contributed by atoms with Gasteiger partial charge >= 0.3 is 10.3 Å². The smallest absolute Gasteiger partial charge is 0.306 e. The third kappa shape index (κ3) is 7.80. The number of hydrogen-bond acceptors (Lipinski definition) is 6. The molecule has 2 aromatic rings. The van der Waals surface area contributed by atoms with Crippen LogP contribution < -0.4 is 10.3 Å². The van der Waals surface area contributed by atoms with Crippen LogP contribution in [0.5, 0.6) is 0 Å². The second kappa shape index (κ2) is 8.52. The molecule has 0 spiro atoms. The molecule has 0 aromatic heterocycles. The average molecular weight is 374 g/mol. The van der Waals surface area contributed by atoms with E-state index in [4.69, 9.17) is 9.11 Å². The Morgan fingerprint density at radius 3 is 2.00 bits per heavy atom. The molecule has 0 radical (unpaired) electrons. The van der Waals surface area contributed by atoms with Gasteiger partial charge in [0.05, 0.1) is 4.90 Å². The van der Waals surface area contributed by atoms with Crippen molar-refractivity contribution in [3.63, 3.8) is 0 Å². The third-order valence-corrected chi connectivity index (χ3v) is 3.60. The number of para-hydroxylation sites is 1. The number of hydrogen-bond donors (Lipinski definition) is 4. The Bertz CT molecular complexity index is 882. The highest BCUT2D eigenvalue weighted by Crippen LogP contribution is 2.09.